The number of furan rings is 2. The molecule has 2 nitrogen and oxygen atoms in total. The predicted molar refractivity (Wildman–Crippen MR) is 251 cm³/mol. The van der Waals surface area contributed by atoms with Gasteiger partial charge in [0.15, 0.2) is 0 Å². The maximum atomic E-state index is 6.85. The van der Waals surface area contributed by atoms with Crippen molar-refractivity contribution >= 4 is 23.3 Å². The topological polar surface area (TPSA) is 26.3 Å². The number of fused-ring (bicyclic) bond motifs is 2. The summed E-state index contributed by atoms with van der Waals surface area (Å²) in [6, 6.07) is 62.2. The van der Waals surface area contributed by atoms with E-state index in [-0.39, 0.29) is 7.25 Å². The Bertz CT molecular complexity index is 2670. The molecule has 8 aromatic rings. The van der Waals surface area contributed by atoms with E-state index in [4.69, 9.17) is 8.83 Å². The molecule has 2 aromatic heterocycles. The summed E-state index contributed by atoms with van der Waals surface area (Å²) in [4.78, 5) is 0. The zero-order chi connectivity index (χ0) is 41.5. The minimum atomic E-state index is -1.45. The second kappa shape index (κ2) is 17.0. The molecule has 6 aromatic carbocycles. The van der Waals surface area contributed by atoms with Crippen LogP contribution >= 0.6 is 0 Å². The Morgan fingerprint density at radius 1 is 0.410 bits per heavy atom. The average molecular weight is 870 g/mol. The molecule has 0 spiro atoms. The number of rotatable bonds is 12. The van der Waals surface area contributed by atoms with Crippen LogP contribution in [-0.4, -0.2) is 0 Å². The van der Waals surface area contributed by atoms with Crippen molar-refractivity contribution in [3.8, 4) is 44.9 Å². The molecule has 10 rings (SSSR count). The number of hydrogen-bond acceptors (Lipinski definition) is 2. The first-order chi connectivity index (χ1) is 30.0. The molecule has 4 atom stereocenters. The fraction of sp³-hybridized carbons (Fsp3) is 0.172. The molecule has 0 bridgehead atoms. The van der Waals surface area contributed by atoms with Gasteiger partial charge in [-0.15, -0.1) is 0 Å². The van der Waals surface area contributed by atoms with E-state index in [1.807, 2.05) is 0 Å². The maximum absolute atomic E-state index is 6.85. The molecule has 0 fully saturated rings. The molecule has 0 N–H and O–H groups in total. The van der Waals surface area contributed by atoms with Crippen LogP contribution in [0, 0.1) is 0 Å². The van der Waals surface area contributed by atoms with E-state index in [0.717, 1.165) is 47.0 Å². The third-order valence-corrected chi connectivity index (χ3v) is 17.9. The van der Waals surface area contributed by atoms with Gasteiger partial charge in [-0.25, -0.2) is 0 Å². The molecule has 0 amide bonds. The van der Waals surface area contributed by atoms with E-state index in [0.29, 0.717) is 11.8 Å². The van der Waals surface area contributed by atoms with Gasteiger partial charge < -0.3 is 0 Å². The number of benzene rings is 6. The molecular weight excluding hydrogens is 820 g/mol. The second-order valence-corrected chi connectivity index (χ2v) is 20.4. The molecule has 0 saturated heterocycles. The zero-order valence-corrected chi connectivity index (χ0v) is 37.8. The quantitative estimate of drug-likeness (QED) is 0.122. The Morgan fingerprint density at radius 3 is 1.20 bits per heavy atom. The standard InChI is InChI=1S/2C29H25O.Zr/c2*1-3-20(2)21-12-14-22(15-13-21)26-11-7-10-24-18-25(19-27(24)26)29-17-16-28(30-29)23-8-5-4-6-9-23;/h2*4-20H,3H2,1-2H3;. The summed E-state index contributed by atoms with van der Waals surface area (Å²) in [6.07, 6.45) is 7.18. The van der Waals surface area contributed by atoms with Crippen LogP contribution in [0.3, 0.4) is 0 Å². The van der Waals surface area contributed by atoms with Gasteiger partial charge in [-0.05, 0) is 0 Å². The first-order valence-corrected chi connectivity index (χ1v) is 24.8. The van der Waals surface area contributed by atoms with Crippen LogP contribution in [-0.2, 0) is 23.2 Å². The minimum absolute atomic E-state index is 0.245. The van der Waals surface area contributed by atoms with Crippen molar-refractivity contribution < 1.29 is 32.1 Å². The number of allylic oxidation sites excluding steroid dienone is 2. The molecule has 0 radical (unpaired) electrons. The van der Waals surface area contributed by atoms with Crippen LogP contribution in [0.5, 0.6) is 0 Å². The number of hydrogen-bond donors (Lipinski definition) is 0. The first-order valence-electron chi connectivity index (χ1n) is 21.9. The monoisotopic (exact) mass is 868 g/mol. The Morgan fingerprint density at radius 2 is 0.803 bits per heavy atom. The Balaban J connectivity index is 1.10. The van der Waals surface area contributed by atoms with Crippen LogP contribution < -0.4 is 0 Å². The van der Waals surface area contributed by atoms with Gasteiger partial charge in [0.05, 0.1) is 0 Å². The van der Waals surface area contributed by atoms with E-state index >= 15 is 0 Å². The summed E-state index contributed by atoms with van der Waals surface area (Å²) < 4.78 is 14.2. The fourth-order valence-corrected chi connectivity index (χ4v) is 14.1. The van der Waals surface area contributed by atoms with Gasteiger partial charge in [0.1, 0.15) is 0 Å². The summed E-state index contributed by atoms with van der Waals surface area (Å²) in [7, 11) is 0. The van der Waals surface area contributed by atoms with Gasteiger partial charge in [0.2, 0.25) is 0 Å². The van der Waals surface area contributed by atoms with Crippen LogP contribution in [0.4, 0.5) is 0 Å². The molecular formula is C58H50O2Zr. The Kier molecular flexibility index (Phi) is 10.9. The average Bonchev–Trinajstić information content (AvgIpc) is 4.15. The summed E-state index contributed by atoms with van der Waals surface area (Å²) in [5, 5.41) is 0. The Hall–Kier alpha value is -5.76. The van der Waals surface area contributed by atoms with E-state index in [9.17, 15) is 0 Å². The van der Waals surface area contributed by atoms with Crippen molar-refractivity contribution in [2.75, 3.05) is 0 Å². The van der Waals surface area contributed by atoms with Gasteiger partial charge in [0, 0.05) is 0 Å². The second-order valence-electron chi connectivity index (χ2n) is 16.8. The summed E-state index contributed by atoms with van der Waals surface area (Å²) in [5.41, 5.74) is 18.1. The van der Waals surface area contributed by atoms with Gasteiger partial charge in [0.25, 0.3) is 0 Å². The summed E-state index contributed by atoms with van der Waals surface area (Å²) in [5.74, 6) is 4.80. The molecule has 61 heavy (non-hydrogen) atoms. The van der Waals surface area contributed by atoms with E-state index < -0.39 is 23.2 Å². The van der Waals surface area contributed by atoms with Gasteiger partial charge in [-0.3, -0.25) is 0 Å². The predicted octanol–water partition coefficient (Wildman–Crippen LogP) is 16.5. The van der Waals surface area contributed by atoms with E-state index in [2.05, 4.69) is 210 Å². The summed E-state index contributed by atoms with van der Waals surface area (Å²) >= 11 is -1.45. The van der Waals surface area contributed by atoms with E-state index in [1.54, 1.807) is 0 Å². The molecule has 0 aliphatic heterocycles. The third-order valence-electron chi connectivity index (χ3n) is 13.2. The van der Waals surface area contributed by atoms with Gasteiger partial charge >= 0.3 is 375 Å². The van der Waals surface area contributed by atoms with Crippen molar-refractivity contribution in [2.45, 2.75) is 59.6 Å². The van der Waals surface area contributed by atoms with Crippen LogP contribution in [0.25, 0.3) is 68.2 Å². The molecule has 298 valence electrons. The molecule has 2 aliphatic rings. The Labute approximate surface area is 372 Å². The van der Waals surface area contributed by atoms with E-state index in [1.165, 1.54) is 66.8 Å². The van der Waals surface area contributed by atoms with Crippen molar-refractivity contribution in [3.63, 3.8) is 0 Å². The SMILES string of the molecule is CCC(C)c1ccc(-c2cccc3c2C=C(c2ccc(-c4ccccc4)o2)[CH]3[Zr][CH]2C(c3ccc(-c4ccccc4)o3)=Cc3c(-c4ccc(C(C)CC)cc4)cccc32)cc1. The third kappa shape index (κ3) is 7.53. The van der Waals surface area contributed by atoms with Crippen LogP contribution in [0.2, 0.25) is 0 Å². The van der Waals surface area contributed by atoms with Crippen molar-refractivity contribution in [2.24, 2.45) is 0 Å². The first kappa shape index (κ1) is 39.4. The van der Waals surface area contributed by atoms with Gasteiger partial charge in [-0.2, -0.15) is 0 Å². The van der Waals surface area contributed by atoms with Crippen molar-refractivity contribution in [3.05, 3.63) is 215 Å². The molecule has 4 unspecified atom stereocenters. The molecule has 2 aliphatic carbocycles. The van der Waals surface area contributed by atoms with Crippen molar-refractivity contribution in [1.82, 2.24) is 0 Å². The molecule has 0 saturated carbocycles. The molecule has 3 heteroatoms. The fourth-order valence-electron chi connectivity index (χ4n) is 9.22. The zero-order valence-electron chi connectivity index (χ0n) is 35.4. The van der Waals surface area contributed by atoms with Crippen LogP contribution in [0.1, 0.15) is 105 Å². The normalized spacial score (nSPS) is 16.4. The van der Waals surface area contributed by atoms with Crippen molar-refractivity contribution in [1.29, 1.82) is 0 Å². The molecule has 2 heterocycles. The van der Waals surface area contributed by atoms with Gasteiger partial charge in [-0.1, -0.05) is 0 Å². The van der Waals surface area contributed by atoms with Crippen LogP contribution in [0.15, 0.2) is 179 Å². The summed E-state index contributed by atoms with van der Waals surface area (Å²) in [6.45, 7) is 9.16.